The molecule has 1 aromatic heterocycles. The van der Waals surface area contributed by atoms with Gasteiger partial charge in [-0.05, 0) is 28.1 Å². The molecule has 0 fully saturated rings. The average molecular weight is 305 g/mol. The van der Waals surface area contributed by atoms with E-state index in [1.807, 2.05) is 54.9 Å². The van der Waals surface area contributed by atoms with Gasteiger partial charge in [-0.25, -0.2) is 4.79 Å². The number of nitrogens with zero attached hydrogens (tertiary/aromatic N) is 1. The number of halogens is 1. The summed E-state index contributed by atoms with van der Waals surface area (Å²) in [4.78, 5) is 12.0. The molecule has 0 saturated carbocycles. The van der Waals surface area contributed by atoms with Gasteiger partial charge in [0.1, 0.15) is 6.10 Å². The number of carbonyl (C=O) groups is 1. The van der Waals surface area contributed by atoms with Crippen molar-refractivity contribution in [2.24, 2.45) is 5.92 Å². The Morgan fingerprint density at radius 3 is 2.94 bits per heavy atom. The van der Waals surface area contributed by atoms with Crippen molar-refractivity contribution in [1.82, 2.24) is 0 Å². The second-order valence-corrected chi connectivity index (χ2v) is 5.11. The Hall–Kier alpha value is -1.68. The van der Waals surface area contributed by atoms with Crippen LogP contribution in [0.5, 0.6) is 0 Å². The fourth-order valence-electron chi connectivity index (χ4n) is 2.09. The monoisotopic (exact) mass is 304 g/mol. The van der Waals surface area contributed by atoms with Crippen LogP contribution < -0.4 is 4.57 Å². The molecule has 1 aliphatic carbocycles. The summed E-state index contributed by atoms with van der Waals surface area (Å²) < 4.78 is 8.10. The van der Waals surface area contributed by atoms with Crippen molar-refractivity contribution in [1.29, 1.82) is 0 Å². The van der Waals surface area contributed by atoms with Crippen molar-refractivity contribution in [3.05, 3.63) is 59.4 Å². The molecular weight excluding hydrogens is 294 g/mol. The summed E-state index contributed by atoms with van der Waals surface area (Å²) >= 11 is 3.39. The van der Waals surface area contributed by atoms with E-state index >= 15 is 0 Å². The van der Waals surface area contributed by atoms with Gasteiger partial charge in [0.2, 0.25) is 0 Å². The Labute approximate surface area is 113 Å². The number of fused-ring (bicyclic) bond motifs is 1. The summed E-state index contributed by atoms with van der Waals surface area (Å²) in [5.41, 5.74) is 0.553. The van der Waals surface area contributed by atoms with Gasteiger partial charge in [-0.1, -0.05) is 18.2 Å². The van der Waals surface area contributed by atoms with Crippen LogP contribution in [-0.4, -0.2) is 12.1 Å². The molecule has 1 aliphatic heterocycles. The lowest BCUT2D eigenvalue weighted by atomic mass is 9.94. The molecule has 2 unspecified atom stereocenters. The van der Waals surface area contributed by atoms with Gasteiger partial charge in [-0.3, -0.25) is 0 Å². The molecule has 2 atom stereocenters. The average Bonchev–Trinajstić information content (AvgIpc) is 2.38. The van der Waals surface area contributed by atoms with Crippen LogP contribution in [0, 0.1) is 5.92 Å². The van der Waals surface area contributed by atoms with E-state index in [0.29, 0.717) is 5.70 Å². The minimum atomic E-state index is -0.292. The number of aromatic nitrogens is 1. The number of rotatable bonds is 1. The molecule has 0 radical (unpaired) electrons. The minimum absolute atomic E-state index is 0.120. The zero-order valence-electron chi connectivity index (χ0n) is 9.49. The van der Waals surface area contributed by atoms with Gasteiger partial charge >= 0.3 is 5.97 Å². The van der Waals surface area contributed by atoms with Crippen molar-refractivity contribution in [2.45, 2.75) is 6.10 Å². The van der Waals surface area contributed by atoms with Gasteiger partial charge in [-0.2, -0.15) is 4.57 Å². The zero-order valence-corrected chi connectivity index (χ0v) is 11.1. The number of allylic oxidation sites excluding steroid dienone is 2. The first-order chi connectivity index (χ1) is 8.74. The fraction of sp³-hybridized carbons (Fsp3) is 0.143. The summed E-state index contributed by atoms with van der Waals surface area (Å²) in [6, 6.07) is 3.79. The first kappa shape index (κ1) is 11.4. The van der Waals surface area contributed by atoms with Crippen molar-refractivity contribution in [2.75, 3.05) is 0 Å². The van der Waals surface area contributed by atoms with Gasteiger partial charge in [0.05, 0.1) is 4.47 Å². The summed E-state index contributed by atoms with van der Waals surface area (Å²) in [5, 5.41) is 0. The van der Waals surface area contributed by atoms with Crippen LogP contribution in [-0.2, 0) is 9.53 Å². The van der Waals surface area contributed by atoms with Crippen LogP contribution in [0.15, 0.2) is 59.4 Å². The second-order valence-electron chi connectivity index (χ2n) is 4.20. The van der Waals surface area contributed by atoms with Crippen molar-refractivity contribution in [3.63, 3.8) is 0 Å². The summed E-state index contributed by atoms with van der Waals surface area (Å²) in [6.07, 6.45) is 13.3. The molecule has 3 rings (SSSR count). The van der Waals surface area contributed by atoms with E-state index in [9.17, 15) is 4.79 Å². The van der Waals surface area contributed by atoms with Crippen molar-refractivity contribution >= 4 is 27.6 Å². The molecule has 0 saturated heterocycles. The summed E-state index contributed by atoms with van der Waals surface area (Å²) in [5.74, 6) is -0.173. The topological polar surface area (TPSA) is 30.2 Å². The molecule has 3 nitrogen and oxygen atoms in total. The van der Waals surface area contributed by atoms with Crippen molar-refractivity contribution in [3.8, 4) is 0 Å². The Bertz CT molecular complexity index is 589. The van der Waals surface area contributed by atoms with Crippen molar-refractivity contribution < 1.29 is 14.1 Å². The molecule has 0 N–H and O–H groups in total. The van der Waals surface area contributed by atoms with Crippen LogP contribution in [0.4, 0.5) is 0 Å². The third-order valence-corrected chi connectivity index (χ3v) is 3.44. The molecule has 2 aliphatic rings. The third-order valence-electron chi connectivity index (χ3n) is 2.97. The van der Waals surface area contributed by atoms with Crippen LogP contribution in [0.1, 0.15) is 0 Å². The van der Waals surface area contributed by atoms with Gasteiger partial charge < -0.3 is 4.74 Å². The van der Waals surface area contributed by atoms with Gasteiger partial charge in [0.15, 0.2) is 12.4 Å². The number of esters is 1. The number of pyridine rings is 1. The summed E-state index contributed by atoms with van der Waals surface area (Å²) in [7, 11) is 0. The molecule has 0 spiro atoms. The van der Waals surface area contributed by atoms with E-state index in [2.05, 4.69) is 15.9 Å². The van der Waals surface area contributed by atoms with E-state index in [1.54, 1.807) is 4.57 Å². The molecule has 0 amide bonds. The van der Waals surface area contributed by atoms with Crippen LogP contribution >= 0.6 is 15.9 Å². The largest absolute Gasteiger partial charge is 0.449 e. The van der Waals surface area contributed by atoms with E-state index in [4.69, 9.17) is 4.74 Å². The Morgan fingerprint density at radius 2 is 2.11 bits per heavy atom. The lowest BCUT2D eigenvalue weighted by molar-refractivity contribution is -0.579. The van der Waals surface area contributed by atoms with Gasteiger partial charge in [0, 0.05) is 18.1 Å². The fourth-order valence-corrected chi connectivity index (χ4v) is 2.47. The second kappa shape index (κ2) is 4.53. The van der Waals surface area contributed by atoms with Crippen LogP contribution in [0.2, 0.25) is 0 Å². The quantitative estimate of drug-likeness (QED) is 0.588. The van der Waals surface area contributed by atoms with E-state index < -0.39 is 0 Å². The standard InChI is InChI=1S/C14H11BrNO2/c15-11-5-3-7-16(9-11)12-8-10-4-1-2-6-13(10)18-14(12)17/h1-10,13H/q+1. The molecule has 2 heterocycles. The Morgan fingerprint density at radius 1 is 1.28 bits per heavy atom. The molecule has 0 aromatic carbocycles. The highest BCUT2D eigenvalue weighted by atomic mass is 79.9. The maximum Gasteiger partial charge on any atom is 0.404 e. The maximum absolute atomic E-state index is 12.0. The highest BCUT2D eigenvalue weighted by Gasteiger charge is 2.34. The first-order valence-electron chi connectivity index (χ1n) is 5.69. The molecule has 0 bridgehead atoms. The normalized spacial score (nSPS) is 25.4. The number of carbonyl (C=O) groups excluding carboxylic acids is 1. The molecule has 4 heteroatoms. The minimum Gasteiger partial charge on any atom is -0.449 e. The third kappa shape index (κ3) is 2.04. The molecule has 1 aromatic rings. The maximum atomic E-state index is 12.0. The van der Waals surface area contributed by atoms with Crippen LogP contribution in [0.25, 0.3) is 5.70 Å². The van der Waals surface area contributed by atoms with Gasteiger partial charge in [-0.15, -0.1) is 0 Å². The molecule has 90 valence electrons. The predicted octanol–water partition coefficient (Wildman–Crippen LogP) is 2.25. The first-order valence-corrected chi connectivity index (χ1v) is 6.48. The molecular formula is C14H11BrNO2+. The van der Waals surface area contributed by atoms with E-state index in [0.717, 1.165) is 4.47 Å². The SMILES string of the molecule is O=C1OC2C=CC=CC2C=C1[n+]1cccc(Br)c1. The number of hydrogen-bond donors (Lipinski definition) is 0. The van der Waals surface area contributed by atoms with E-state index in [-0.39, 0.29) is 18.0 Å². The lowest BCUT2D eigenvalue weighted by Gasteiger charge is -2.24. The number of hydrogen-bond acceptors (Lipinski definition) is 2. The summed E-state index contributed by atoms with van der Waals surface area (Å²) in [6.45, 7) is 0. The number of ether oxygens (including phenoxy) is 1. The van der Waals surface area contributed by atoms with Gasteiger partial charge in [0.25, 0.3) is 5.70 Å². The lowest BCUT2D eigenvalue weighted by Crippen LogP contribution is -2.42. The molecule has 18 heavy (non-hydrogen) atoms. The highest BCUT2D eigenvalue weighted by Crippen LogP contribution is 2.25. The predicted molar refractivity (Wildman–Crippen MR) is 70.3 cm³/mol. The zero-order chi connectivity index (χ0) is 12.5. The van der Waals surface area contributed by atoms with Crippen LogP contribution in [0.3, 0.4) is 0 Å². The Balaban J connectivity index is 2.01. The highest BCUT2D eigenvalue weighted by molar-refractivity contribution is 9.10. The van der Waals surface area contributed by atoms with E-state index in [1.165, 1.54) is 0 Å². The smallest absolute Gasteiger partial charge is 0.404 e. The Kier molecular flexibility index (Phi) is 2.88.